The van der Waals surface area contributed by atoms with Crippen molar-refractivity contribution in [2.75, 3.05) is 13.2 Å². The maximum absolute atomic E-state index is 12.2. The minimum absolute atomic E-state index is 0.111. The third-order valence-electron chi connectivity index (χ3n) is 4.05. The van der Waals surface area contributed by atoms with Crippen molar-refractivity contribution in [3.8, 4) is 5.75 Å². The average molecular weight is 369 g/mol. The molecule has 0 bridgehead atoms. The molecule has 27 heavy (non-hydrogen) atoms. The summed E-state index contributed by atoms with van der Waals surface area (Å²) in [4.78, 5) is 24.1. The Morgan fingerprint density at radius 1 is 0.963 bits per heavy atom. The normalized spacial score (nSPS) is 11.7. The van der Waals surface area contributed by atoms with Crippen LogP contribution in [0, 0.1) is 12.8 Å². The number of amides is 1. The Hall–Kier alpha value is -2.82. The Morgan fingerprint density at radius 2 is 1.63 bits per heavy atom. The number of ether oxygens (including phenoxy) is 2. The van der Waals surface area contributed by atoms with E-state index >= 15 is 0 Å². The van der Waals surface area contributed by atoms with Crippen molar-refractivity contribution >= 4 is 11.9 Å². The molecule has 5 heteroatoms. The molecule has 5 nitrogen and oxygen atoms in total. The zero-order valence-electron chi connectivity index (χ0n) is 16.1. The van der Waals surface area contributed by atoms with Gasteiger partial charge < -0.3 is 14.8 Å². The molecule has 0 saturated heterocycles. The molecule has 0 aliphatic heterocycles. The summed E-state index contributed by atoms with van der Waals surface area (Å²) in [6.45, 7) is 5.55. The Kier molecular flexibility index (Phi) is 7.86. The molecule has 0 saturated carbocycles. The molecule has 0 aromatic heterocycles. The van der Waals surface area contributed by atoms with Gasteiger partial charge in [0.15, 0.2) is 13.2 Å². The fourth-order valence-corrected chi connectivity index (χ4v) is 2.71. The van der Waals surface area contributed by atoms with Gasteiger partial charge in [0.2, 0.25) is 0 Å². The van der Waals surface area contributed by atoms with Gasteiger partial charge in [0.05, 0.1) is 6.04 Å². The summed E-state index contributed by atoms with van der Waals surface area (Å²) in [5.74, 6) is 0.141. The molecule has 2 rings (SSSR count). The first-order valence-electron chi connectivity index (χ1n) is 9.14. The highest BCUT2D eigenvalue weighted by Crippen LogP contribution is 2.21. The fraction of sp³-hybridized carbons (Fsp3) is 0.364. The lowest BCUT2D eigenvalue weighted by molar-refractivity contribution is -0.150. The molecule has 2 aromatic rings. The van der Waals surface area contributed by atoms with Crippen LogP contribution in [0.3, 0.4) is 0 Å². The molecule has 1 amide bonds. The quantitative estimate of drug-likeness (QED) is 0.683. The second-order valence-electron chi connectivity index (χ2n) is 6.88. The first-order chi connectivity index (χ1) is 13.0. The van der Waals surface area contributed by atoms with E-state index in [2.05, 4.69) is 19.2 Å². The van der Waals surface area contributed by atoms with Crippen LogP contribution in [-0.4, -0.2) is 25.1 Å². The zero-order chi connectivity index (χ0) is 19.6. The Bertz CT molecular complexity index is 743. The topological polar surface area (TPSA) is 64.6 Å². The van der Waals surface area contributed by atoms with Crippen LogP contribution in [0.5, 0.6) is 5.75 Å². The second-order valence-corrected chi connectivity index (χ2v) is 6.88. The van der Waals surface area contributed by atoms with Crippen molar-refractivity contribution < 1.29 is 19.1 Å². The molecule has 144 valence electrons. The van der Waals surface area contributed by atoms with Crippen molar-refractivity contribution in [3.63, 3.8) is 0 Å². The highest BCUT2D eigenvalue weighted by Gasteiger charge is 2.17. The number of para-hydroxylation sites is 1. The highest BCUT2D eigenvalue weighted by atomic mass is 16.6. The summed E-state index contributed by atoms with van der Waals surface area (Å²) in [5.41, 5.74) is 1.97. The van der Waals surface area contributed by atoms with E-state index in [0.717, 1.165) is 17.5 Å². The summed E-state index contributed by atoms with van der Waals surface area (Å²) in [5, 5.41) is 2.95. The zero-order valence-corrected chi connectivity index (χ0v) is 16.1. The number of esters is 1. The molecule has 1 N–H and O–H groups in total. The molecule has 0 unspecified atom stereocenters. The number of carbonyl (C=O) groups excluding carboxylic acids is 2. The molecule has 0 aliphatic rings. The monoisotopic (exact) mass is 369 g/mol. The number of nitrogens with one attached hydrogen (secondary N) is 1. The van der Waals surface area contributed by atoms with Crippen LogP contribution in [0.4, 0.5) is 0 Å². The van der Waals surface area contributed by atoms with Crippen LogP contribution in [-0.2, 0) is 14.3 Å². The number of carbonyl (C=O) groups is 2. The molecular formula is C22H27NO4. The van der Waals surface area contributed by atoms with E-state index in [1.54, 1.807) is 6.07 Å². The maximum Gasteiger partial charge on any atom is 0.344 e. The Balaban J connectivity index is 1.81. The van der Waals surface area contributed by atoms with E-state index in [4.69, 9.17) is 9.47 Å². The summed E-state index contributed by atoms with van der Waals surface area (Å²) in [7, 11) is 0. The van der Waals surface area contributed by atoms with Gasteiger partial charge in [0.1, 0.15) is 5.75 Å². The van der Waals surface area contributed by atoms with Gasteiger partial charge in [-0.3, -0.25) is 4.79 Å². The van der Waals surface area contributed by atoms with Crippen LogP contribution in [0.25, 0.3) is 0 Å². The van der Waals surface area contributed by atoms with Crippen molar-refractivity contribution in [2.45, 2.75) is 33.2 Å². The molecule has 0 spiro atoms. The van der Waals surface area contributed by atoms with Crippen molar-refractivity contribution in [1.82, 2.24) is 5.32 Å². The molecule has 0 heterocycles. The van der Waals surface area contributed by atoms with Crippen LogP contribution < -0.4 is 10.1 Å². The van der Waals surface area contributed by atoms with Gasteiger partial charge in [-0.2, -0.15) is 0 Å². The van der Waals surface area contributed by atoms with Gasteiger partial charge in [-0.25, -0.2) is 4.79 Å². The molecular weight excluding hydrogens is 342 g/mol. The number of benzene rings is 2. The largest absolute Gasteiger partial charge is 0.482 e. The SMILES string of the molecule is Cc1ccccc1OCC(=O)OCC(=O)N[C@H](CC(C)C)c1ccccc1. The fourth-order valence-electron chi connectivity index (χ4n) is 2.71. The first-order valence-corrected chi connectivity index (χ1v) is 9.14. The summed E-state index contributed by atoms with van der Waals surface area (Å²) >= 11 is 0. The lowest BCUT2D eigenvalue weighted by Crippen LogP contribution is -2.33. The number of hydrogen-bond donors (Lipinski definition) is 1. The third kappa shape index (κ3) is 7.13. The maximum atomic E-state index is 12.2. The lowest BCUT2D eigenvalue weighted by atomic mass is 9.97. The summed E-state index contributed by atoms with van der Waals surface area (Å²) in [6.07, 6.45) is 0.806. The minimum Gasteiger partial charge on any atom is -0.482 e. The molecule has 2 aromatic carbocycles. The average Bonchev–Trinajstić information content (AvgIpc) is 2.65. The van der Waals surface area contributed by atoms with Gasteiger partial charge in [0.25, 0.3) is 5.91 Å². The second kappa shape index (κ2) is 10.4. The summed E-state index contributed by atoms with van der Waals surface area (Å²) in [6, 6.07) is 17.1. The van der Waals surface area contributed by atoms with Crippen LogP contribution in [0.2, 0.25) is 0 Å². The third-order valence-corrected chi connectivity index (χ3v) is 4.05. The van der Waals surface area contributed by atoms with Gasteiger partial charge in [0, 0.05) is 0 Å². The molecule has 0 radical (unpaired) electrons. The van der Waals surface area contributed by atoms with Gasteiger partial charge in [-0.05, 0) is 36.5 Å². The number of aryl methyl sites for hydroxylation is 1. The van der Waals surface area contributed by atoms with E-state index in [1.807, 2.05) is 55.5 Å². The van der Waals surface area contributed by atoms with Crippen LogP contribution in [0.15, 0.2) is 54.6 Å². The van der Waals surface area contributed by atoms with Crippen molar-refractivity contribution in [3.05, 3.63) is 65.7 Å². The van der Waals surface area contributed by atoms with E-state index in [-0.39, 0.29) is 25.2 Å². The molecule has 1 atom stereocenters. The smallest absolute Gasteiger partial charge is 0.344 e. The first kappa shape index (κ1) is 20.5. The predicted molar refractivity (Wildman–Crippen MR) is 104 cm³/mol. The minimum atomic E-state index is -0.575. The van der Waals surface area contributed by atoms with Gasteiger partial charge >= 0.3 is 5.97 Å². The van der Waals surface area contributed by atoms with Gasteiger partial charge in [-0.15, -0.1) is 0 Å². The standard InChI is InChI=1S/C22H27NO4/c1-16(2)13-19(18-10-5-4-6-11-18)23-21(24)14-27-22(25)15-26-20-12-8-7-9-17(20)3/h4-12,16,19H,13-15H2,1-3H3,(H,23,24)/t19-/m1/s1. The van der Waals surface area contributed by atoms with E-state index in [9.17, 15) is 9.59 Å². The number of rotatable bonds is 9. The molecule has 0 aliphatic carbocycles. The van der Waals surface area contributed by atoms with Crippen molar-refractivity contribution in [2.24, 2.45) is 5.92 Å². The van der Waals surface area contributed by atoms with Crippen LogP contribution in [0.1, 0.15) is 37.4 Å². The van der Waals surface area contributed by atoms with E-state index < -0.39 is 5.97 Å². The van der Waals surface area contributed by atoms with Crippen LogP contribution >= 0.6 is 0 Å². The summed E-state index contributed by atoms with van der Waals surface area (Å²) < 4.78 is 10.5. The highest BCUT2D eigenvalue weighted by molar-refractivity contribution is 5.81. The molecule has 0 fully saturated rings. The van der Waals surface area contributed by atoms with Gasteiger partial charge in [-0.1, -0.05) is 62.4 Å². The Labute approximate surface area is 160 Å². The Morgan fingerprint density at radius 3 is 2.30 bits per heavy atom. The predicted octanol–water partition coefficient (Wildman–Crippen LogP) is 3.82. The lowest BCUT2D eigenvalue weighted by Gasteiger charge is -2.21. The van der Waals surface area contributed by atoms with E-state index in [1.165, 1.54) is 0 Å². The number of hydrogen-bond acceptors (Lipinski definition) is 4. The van der Waals surface area contributed by atoms with Crippen molar-refractivity contribution in [1.29, 1.82) is 0 Å². The van der Waals surface area contributed by atoms with E-state index in [0.29, 0.717) is 11.7 Å².